The number of para-hydroxylation sites is 1. The summed E-state index contributed by atoms with van der Waals surface area (Å²) in [6.45, 7) is 3.06. The van der Waals surface area contributed by atoms with Gasteiger partial charge in [-0.3, -0.25) is 4.79 Å². The van der Waals surface area contributed by atoms with Crippen LogP contribution in [0.2, 0.25) is 0 Å². The van der Waals surface area contributed by atoms with Gasteiger partial charge in [-0.25, -0.2) is 0 Å². The molecule has 0 unspecified atom stereocenters. The van der Waals surface area contributed by atoms with Gasteiger partial charge in [-0.2, -0.15) is 0 Å². The fourth-order valence-electron chi connectivity index (χ4n) is 3.09. The Labute approximate surface area is 141 Å². The third-order valence-electron chi connectivity index (χ3n) is 4.59. The van der Waals surface area contributed by atoms with Gasteiger partial charge in [0.15, 0.2) is 0 Å². The van der Waals surface area contributed by atoms with Crippen LogP contribution in [0.4, 0.5) is 5.69 Å². The third kappa shape index (κ3) is 2.48. The second-order valence-corrected chi connectivity index (χ2v) is 6.10. The lowest BCUT2D eigenvalue weighted by Crippen LogP contribution is -2.37. The molecular weight excluding hydrogens is 310 g/mol. The van der Waals surface area contributed by atoms with Gasteiger partial charge < -0.3 is 15.6 Å². The van der Waals surface area contributed by atoms with Gasteiger partial charge in [-0.1, -0.05) is 18.2 Å². The van der Waals surface area contributed by atoms with E-state index in [1.807, 2.05) is 18.2 Å². The summed E-state index contributed by atoms with van der Waals surface area (Å²) < 4.78 is 2.29. The molecule has 1 amide bonds. The number of hydrogen-bond donors (Lipinski definition) is 2. The number of nitrogens with one attached hydrogen (secondary N) is 1. The van der Waals surface area contributed by atoms with Crippen LogP contribution in [0.1, 0.15) is 19.8 Å². The van der Waals surface area contributed by atoms with E-state index in [9.17, 15) is 4.79 Å². The predicted octanol–water partition coefficient (Wildman–Crippen LogP) is 3.67. The fourth-order valence-corrected chi connectivity index (χ4v) is 3.09. The van der Waals surface area contributed by atoms with Crippen LogP contribution in [0.25, 0.3) is 21.8 Å². The number of rotatable bonds is 3. The van der Waals surface area contributed by atoms with Crippen LogP contribution in [0, 0.1) is 0 Å². The molecule has 0 spiro atoms. The smallest absolute Gasteiger partial charge is 0.244 e. The summed E-state index contributed by atoms with van der Waals surface area (Å²) in [4.78, 5) is 12.1. The van der Waals surface area contributed by atoms with Crippen molar-refractivity contribution in [1.29, 1.82) is 0 Å². The number of nitrogens with two attached hydrogens (primary N) is 1. The molecule has 1 fully saturated rings. The van der Waals surface area contributed by atoms with Gasteiger partial charge in [0.1, 0.15) is 0 Å². The van der Waals surface area contributed by atoms with Crippen molar-refractivity contribution in [2.45, 2.75) is 31.8 Å². The third-order valence-corrected chi connectivity index (χ3v) is 4.59. The van der Waals surface area contributed by atoms with E-state index in [-0.39, 0.29) is 18.3 Å². The van der Waals surface area contributed by atoms with Crippen molar-refractivity contribution in [3.05, 3.63) is 42.5 Å². The normalized spacial score (nSPS) is 15.4. The Morgan fingerprint density at radius 3 is 2.57 bits per heavy atom. The Hall–Kier alpha value is -2.04. The number of fused-ring (bicyclic) bond motifs is 3. The molecule has 1 aliphatic rings. The monoisotopic (exact) mass is 329 g/mol. The molecule has 120 valence electrons. The zero-order valence-electron chi connectivity index (χ0n) is 13.0. The Balaban J connectivity index is 0.00000156. The van der Waals surface area contributed by atoms with E-state index in [4.69, 9.17) is 5.73 Å². The molecule has 1 saturated carbocycles. The molecule has 1 heterocycles. The van der Waals surface area contributed by atoms with Crippen molar-refractivity contribution < 1.29 is 4.79 Å². The average molecular weight is 330 g/mol. The summed E-state index contributed by atoms with van der Waals surface area (Å²) in [5.41, 5.74) is 8.53. The summed E-state index contributed by atoms with van der Waals surface area (Å²) >= 11 is 0. The van der Waals surface area contributed by atoms with Gasteiger partial charge in [0.2, 0.25) is 5.91 Å². The quantitative estimate of drug-likeness (QED) is 0.770. The molecule has 4 nitrogen and oxygen atoms in total. The van der Waals surface area contributed by atoms with Crippen LogP contribution in [0.5, 0.6) is 0 Å². The molecule has 0 atom stereocenters. The van der Waals surface area contributed by atoms with Crippen LogP contribution < -0.4 is 11.1 Å². The number of halogens is 1. The van der Waals surface area contributed by atoms with Crippen molar-refractivity contribution in [2.24, 2.45) is 5.73 Å². The number of carbonyl (C=O) groups is 1. The lowest BCUT2D eigenvalue weighted by molar-refractivity contribution is -0.118. The average Bonchev–Trinajstić information content (AvgIpc) is 3.21. The van der Waals surface area contributed by atoms with Gasteiger partial charge in [-0.15, -0.1) is 12.4 Å². The summed E-state index contributed by atoms with van der Waals surface area (Å²) in [5.74, 6) is -0.0777. The standard InChI is InChI=1S/C18H19N3O.ClH/c1-2-21-15-6-4-3-5-13(15)14-11-12(7-8-16(14)21)20-17(22)18(19)9-10-18;/h3-8,11H,2,9-10,19H2,1H3,(H,20,22);1H. The fraction of sp³-hybridized carbons (Fsp3) is 0.278. The minimum atomic E-state index is -0.646. The molecule has 0 saturated heterocycles. The molecule has 5 heteroatoms. The number of hydrogen-bond acceptors (Lipinski definition) is 2. The molecule has 23 heavy (non-hydrogen) atoms. The summed E-state index contributed by atoms with van der Waals surface area (Å²) in [6, 6.07) is 14.4. The molecule has 4 rings (SSSR count). The number of anilines is 1. The van der Waals surface area contributed by atoms with Gasteiger partial charge in [0.05, 0.1) is 5.54 Å². The van der Waals surface area contributed by atoms with Crippen LogP contribution in [0.15, 0.2) is 42.5 Å². The van der Waals surface area contributed by atoms with Gasteiger partial charge in [0.25, 0.3) is 0 Å². The molecule has 1 aliphatic carbocycles. The Morgan fingerprint density at radius 1 is 1.17 bits per heavy atom. The van der Waals surface area contributed by atoms with E-state index in [2.05, 4.69) is 41.1 Å². The Morgan fingerprint density at radius 2 is 1.87 bits per heavy atom. The summed E-state index contributed by atoms with van der Waals surface area (Å²) in [7, 11) is 0. The first-order chi connectivity index (χ1) is 10.6. The molecule has 3 N–H and O–H groups in total. The van der Waals surface area contributed by atoms with Crippen molar-refractivity contribution in [1.82, 2.24) is 4.57 Å². The molecule has 0 radical (unpaired) electrons. The van der Waals surface area contributed by atoms with Crippen LogP contribution >= 0.6 is 12.4 Å². The number of carbonyl (C=O) groups excluding carboxylic acids is 1. The number of amides is 1. The molecule has 0 bridgehead atoms. The highest BCUT2D eigenvalue weighted by molar-refractivity contribution is 6.10. The van der Waals surface area contributed by atoms with Crippen LogP contribution in [0.3, 0.4) is 0 Å². The van der Waals surface area contributed by atoms with E-state index in [1.165, 1.54) is 16.4 Å². The second kappa shape index (κ2) is 5.55. The van der Waals surface area contributed by atoms with Crippen molar-refractivity contribution in [2.75, 3.05) is 5.32 Å². The van der Waals surface area contributed by atoms with Gasteiger partial charge in [-0.05, 0) is 44.0 Å². The van der Waals surface area contributed by atoms with Crippen molar-refractivity contribution in [3.8, 4) is 0 Å². The summed E-state index contributed by atoms with van der Waals surface area (Å²) in [6.07, 6.45) is 1.55. The van der Waals surface area contributed by atoms with E-state index >= 15 is 0 Å². The van der Waals surface area contributed by atoms with Crippen LogP contribution in [-0.4, -0.2) is 16.0 Å². The first-order valence-corrected chi connectivity index (χ1v) is 7.74. The zero-order chi connectivity index (χ0) is 15.3. The first kappa shape index (κ1) is 15.8. The maximum Gasteiger partial charge on any atom is 0.244 e. The number of aromatic nitrogens is 1. The number of aryl methyl sites for hydroxylation is 1. The second-order valence-electron chi connectivity index (χ2n) is 6.10. The highest BCUT2D eigenvalue weighted by Gasteiger charge is 2.45. The van der Waals surface area contributed by atoms with E-state index in [1.54, 1.807) is 0 Å². The van der Waals surface area contributed by atoms with Crippen LogP contribution in [-0.2, 0) is 11.3 Å². The maximum atomic E-state index is 12.1. The first-order valence-electron chi connectivity index (χ1n) is 7.74. The molecular formula is C18H20ClN3O. The molecule has 3 aromatic rings. The molecule has 0 aliphatic heterocycles. The Bertz CT molecular complexity index is 896. The summed E-state index contributed by atoms with van der Waals surface area (Å²) in [5, 5.41) is 5.33. The van der Waals surface area contributed by atoms with E-state index in [0.717, 1.165) is 30.5 Å². The van der Waals surface area contributed by atoms with Gasteiger partial charge >= 0.3 is 0 Å². The van der Waals surface area contributed by atoms with Gasteiger partial charge in [0, 0.05) is 34.0 Å². The minimum Gasteiger partial charge on any atom is -0.341 e. The number of nitrogens with zero attached hydrogens (tertiary/aromatic N) is 1. The SMILES string of the molecule is CCn1c2ccccc2c2cc(NC(=O)C3(N)CC3)ccc21.Cl. The van der Waals surface area contributed by atoms with E-state index < -0.39 is 5.54 Å². The molecule has 2 aromatic carbocycles. The zero-order valence-corrected chi connectivity index (χ0v) is 13.8. The lowest BCUT2D eigenvalue weighted by atomic mass is 10.1. The highest BCUT2D eigenvalue weighted by Crippen LogP contribution is 2.35. The topological polar surface area (TPSA) is 60.0 Å². The minimum absolute atomic E-state index is 0. The lowest BCUT2D eigenvalue weighted by Gasteiger charge is -2.10. The van der Waals surface area contributed by atoms with Crippen molar-refractivity contribution in [3.63, 3.8) is 0 Å². The molecule has 1 aromatic heterocycles. The largest absolute Gasteiger partial charge is 0.341 e. The maximum absolute atomic E-state index is 12.1. The Kier molecular flexibility index (Phi) is 3.82. The van der Waals surface area contributed by atoms with Crippen molar-refractivity contribution >= 4 is 45.8 Å². The highest BCUT2D eigenvalue weighted by atomic mass is 35.5. The van der Waals surface area contributed by atoms with E-state index in [0.29, 0.717) is 0 Å². The predicted molar refractivity (Wildman–Crippen MR) is 97.1 cm³/mol. The number of benzene rings is 2.